The van der Waals surface area contributed by atoms with Crippen LogP contribution in [0.15, 0.2) is 11.6 Å². The zero-order valence-electron chi connectivity index (χ0n) is 17.3. The molecule has 0 radical (unpaired) electrons. The first-order valence-electron chi connectivity index (χ1n) is 10.9. The van der Waals surface area contributed by atoms with E-state index < -0.39 is 29.4 Å². The minimum Gasteiger partial charge on any atom is -0.457 e. The quantitative estimate of drug-likeness (QED) is 0.553. The van der Waals surface area contributed by atoms with Gasteiger partial charge < -0.3 is 9.84 Å². The SMILES string of the molecule is C[C@]12CC[C@@H]3[C@H](CCC4=CC(=O)CC[C@]43C)[C@H]1CC[C@@]2(O)C(=O)COC(=O)CCl. The van der Waals surface area contributed by atoms with E-state index in [-0.39, 0.29) is 23.0 Å². The molecule has 5 nitrogen and oxygen atoms in total. The third kappa shape index (κ3) is 3.03. The Labute approximate surface area is 177 Å². The second kappa shape index (κ2) is 7.19. The van der Waals surface area contributed by atoms with Crippen LogP contribution in [-0.2, 0) is 19.1 Å². The highest BCUT2D eigenvalue weighted by atomic mass is 35.5. The molecule has 0 unspecified atom stereocenters. The van der Waals surface area contributed by atoms with Crippen LogP contribution in [0, 0.1) is 28.6 Å². The molecule has 0 spiro atoms. The van der Waals surface area contributed by atoms with Crippen LogP contribution in [0.2, 0.25) is 0 Å². The Kier molecular flexibility index (Phi) is 5.22. The largest absolute Gasteiger partial charge is 0.457 e. The molecule has 4 rings (SSSR count). The molecule has 0 aliphatic heterocycles. The topological polar surface area (TPSA) is 80.7 Å². The highest BCUT2D eigenvalue weighted by molar-refractivity contribution is 6.26. The molecule has 29 heavy (non-hydrogen) atoms. The number of hydrogen-bond acceptors (Lipinski definition) is 5. The standard InChI is InChI=1S/C23H31ClO5/c1-21-8-5-15(25)11-14(21)3-4-16-17(21)6-9-22(2)18(16)7-10-23(22,28)19(26)13-29-20(27)12-24/h11,16-18,28H,3-10,12-13H2,1-2H3/t16-,17+,18+,21+,22-,23+/m0/s1. The molecule has 0 aromatic heterocycles. The molecule has 6 heteroatoms. The maximum absolute atomic E-state index is 12.9. The van der Waals surface area contributed by atoms with Crippen LogP contribution in [0.1, 0.15) is 65.2 Å². The Bertz CT molecular complexity index is 775. The van der Waals surface area contributed by atoms with Crippen molar-refractivity contribution >= 4 is 29.1 Å². The molecule has 4 aliphatic rings. The molecule has 4 aliphatic carbocycles. The first-order valence-corrected chi connectivity index (χ1v) is 11.4. The predicted octanol–water partition coefficient (Wildman–Crippen LogP) is 3.60. The van der Waals surface area contributed by atoms with Crippen LogP contribution < -0.4 is 0 Å². The normalized spacial score (nSPS) is 43.7. The average Bonchev–Trinajstić information content (AvgIpc) is 2.98. The van der Waals surface area contributed by atoms with E-state index in [0.29, 0.717) is 24.7 Å². The van der Waals surface area contributed by atoms with Crippen LogP contribution in [0.25, 0.3) is 0 Å². The molecule has 0 saturated heterocycles. The van der Waals surface area contributed by atoms with Crippen molar-refractivity contribution in [1.82, 2.24) is 0 Å². The Balaban J connectivity index is 1.57. The van der Waals surface area contributed by atoms with Crippen molar-refractivity contribution in [1.29, 1.82) is 0 Å². The van der Waals surface area contributed by atoms with Gasteiger partial charge in [-0.1, -0.05) is 19.4 Å². The number of esters is 1. The number of carbonyl (C=O) groups excluding carboxylic acids is 3. The summed E-state index contributed by atoms with van der Waals surface area (Å²) in [7, 11) is 0. The van der Waals surface area contributed by atoms with Crippen molar-refractivity contribution in [2.75, 3.05) is 12.5 Å². The smallest absolute Gasteiger partial charge is 0.321 e. The Morgan fingerprint density at radius 2 is 1.86 bits per heavy atom. The molecule has 160 valence electrons. The number of alkyl halides is 1. The van der Waals surface area contributed by atoms with E-state index in [1.165, 1.54) is 5.57 Å². The lowest BCUT2D eigenvalue weighted by atomic mass is 9.46. The van der Waals surface area contributed by atoms with Gasteiger partial charge in [-0.25, -0.2) is 0 Å². The number of carbonyl (C=O) groups is 3. The highest BCUT2D eigenvalue weighted by Gasteiger charge is 2.66. The number of halogens is 1. The predicted molar refractivity (Wildman–Crippen MR) is 108 cm³/mol. The number of ketones is 2. The molecule has 6 atom stereocenters. The Hall–Kier alpha value is -1.20. The lowest BCUT2D eigenvalue weighted by Gasteiger charge is -2.58. The van der Waals surface area contributed by atoms with Gasteiger partial charge in [0, 0.05) is 11.8 Å². The molecule has 0 amide bonds. The van der Waals surface area contributed by atoms with Crippen molar-refractivity contribution in [2.45, 2.75) is 70.8 Å². The number of hydrogen-bond donors (Lipinski definition) is 1. The fraction of sp³-hybridized carbons (Fsp3) is 0.783. The first-order chi connectivity index (χ1) is 13.7. The van der Waals surface area contributed by atoms with Crippen molar-refractivity contribution in [3.8, 4) is 0 Å². The molecule has 0 heterocycles. The van der Waals surface area contributed by atoms with Gasteiger partial charge in [-0.05, 0) is 74.2 Å². The van der Waals surface area contributed by atoms with E-state index in [2.05, 4.69) is 13.8 Å². The highest BCUT2D eigenvalue weighted by Crippen LogP contribution is 2.67. The number of rotatable bonds is 4. The van der Waals surface area contributed by atoms with Crippen LogP contribution >= 0.6 is 11.6 Å². The van der Waals surface area contributed by atoms with E-state index in [9.17, 15) is 19.5 Å². The molecule has 1 N–H and O–H groups in total. The molecular weight excluding hydrogens is 392 g/mol. The van der Waals surface area contributed by atoms with Gasteiger partial charge in [0.05, 0.1) is 0 Å². The summed E-state index contributed by atoms with van der Waals surface area (Å²) in [4.78, 5) is 36.2. The van der Waals surface area contributed by atoms with E-state index in [1.54, 1.807) is 0 Å². The summed E-state index contributed by atoms with van der Waals surface area (Å²) >= 11 is 5.45. The Morgan fingerprint density at radius 1 is 1.14 bits per heavy atom. The zero-order valence-corrected chi connectivity index (χ0v) is 18.1. The summed E-state index contributed by atoms with van der Waals surface area (Å²) < 4.78 is 4.94. The molecular formula is C23H31ClO5. The minimum atomic E-state index is -1.45. The number of fused-ring (bicyclic) bond motifs is 5. The van der Waals surface area contributed by atoms with Gasteiger partial charge in [0.2, 0.25) is 5.78 Å². The summed E-state index contributed by atoms with van der Waals surface area (Å²) in [6.45, 7) is 3.97. The Morgan fingerprint density at radius 3 is 2.59 bits per heavy atom. The lowest BCUT2D eigenvalue weighted by molar-refractivity contribution is -0.169. The summed E-state index contributed by atoms with van der Waals surface area (Å²) in [5, 5.41) is 11.5. The summed E-state index contributed by atoms with van der Waals surface area (Å²) in [6, 6.07) is 0. The third-order valence-corrected chi connectivity index (χ3v) is 9.27. The van der Waals surface area contributed by atoms with Crippen molar-refractivity contribution < 1.29 is 24.2 Å². The van der Waals surface area contributed by atoms with Gasteiger partial charge in [-0.15, -0.1) is 11.6 Å². The maximum Gasteiger partial charge on any atom is 0.321 e. The van der Waals surface area contributed by atoms with Crippen LogP contribution in [0.3, 0.4) is 0 Å². The van der Waals surface area contributed by atoms with Gasteiger partial charge in [0.1, 0.15) is 11.5 Å². The third-order valence-electron chi connectivity index (χ3n) is 9.05. The van der Waals surface area contributed by atoms with E-state index in [0.717, 1.165) is 38.5 Å². The van der Waals surface area contributed by atoms with Gasteiger partial charge in [0.25, 0.3) is 0 Å². The minimum absolute atomic E-state index is 0.0682. The molecule has 0 aromatic carbocycles. The summed E-state index contributed by atoms with van der Waals surface area (Å²) in [5.74, 6) is 0.144. The molecule has 3 saturated carbocycles. The van der Waals surface area contributed by atoms with Crippen molar-refractivity contribution in [3.05, 3.63) is 11.6 Å². The van der Waals surface area contributed by atoms with Gasteiger partial charge in [-0.2, -0.15) is 0 Å². The average molecular weight is 423 g/mol. The van der Waals surface area contributed by atoms with E-state index in [1.807, 2.05) is 6.08 Å². The van der Waals surface area contributed by atoms with E-state index in [4.69, 9.17) is 16.3 Å². The van der Waals surface area contributed by atoms with Gasteiger partial charge in [0.15, 0.2) is 12.4 Å². The van der Waals surface area contributed by atoms with E-state index >= 15 is 0 Å². The molecule has 0 bridgehead atoms. The second-order valence-corrected chi connectivity index (χ2v) is 10.3. The second-order valence-electron chi connectivity index (χ2n) is 10.0. The van der Waals surface area contributed by atoms with Crippen molar-refractivity contribution in [3.63, 3.8) is 0 Å². The number of allylic oxidation sites excluding steroid dienone is 1. The van der Waals surface area contributed by atoms with Crippen molar-refractivity contribution in [2.24, 2.45) is 28.6 Å². The zero-order chi connectivity index (χ0) is 21.0. The van der Waals surface area contributed by atoms with Gasteiger partial charge in [-0.3, -0.25) is 14.4 Å². The fourth-order valence-electron chi connectivity index (χ4n) is 7.34. The first kappa shape index (κ1) is 21.0. The lowest BCUT2D eigenvalue weighted by Crippen LogP contribution is -2.58. The van der Waals surface area contributed by atoms with Crippen LogP contribution in [0.4, 0.5) is 0 Å². The molecule has 0 aromatic rings. The number of Topliss-reactive ketones (excluding diaryl/α,β-unsaturated/α-hetero) is 1. The van der Waals surface area contributed by atoms with Gasteiger partial charge >= 0.3 is 5.97 Å². The summed E-state index contributed by atoms with van der Waals surface area (Å²) in [5.41, 5.74) is -0.565. The summed E-state index contributed by atoms with van der Waals surface area (Å²) in [6.07, 6.45) is 8.37. The number of aliphatic hydroxyl groups is 1. The maximum atomic E-state index is 12.9. The number of ether oxygens (including phenoxy) is 1. The van der Waals surface area contributed by atoms with Crippen LogP contribution in [-0.4, -0.2) is 40.7 Å². The van der Waals surface area contributed by atoms with Crippen LogP contribution in [0.5, 0.6) is 0 Å². The monoisotopic (exact) mass is 422 g/mol. The fourth-order valence-corrected chi connectivity index (χ4v) is 7.41. The molecule has 3 fully saturated rings.